The van der Waals surface area contributed by atoms with Crippen molar-refractivity contribution in [1.29, 1.82) is 0 Å². The molecule has 0 saturated heterocycles. The van der Waals surface area contributed by atoms with Gasteiger partial charge in [0.05, 0.1) is 6.61 Å². The van der Waals surface area contributed by atoms with Crippen LogP contribution in [-0.4, -0.2) is 10.1 Å². The fourth-order valence-corrected chi connectivity index (χ4v) is 1.83. The van der Waals surface area contributed by atoms with E-state index in [-0.39, 0.29) is 6.61 Å². The van der Waals surface area contributed by atoms with Crippen LogP contribution < -0.4 is 0 Å². The lowest BCUT2D eigenvalue weighted by Crippen LogP contribution is -1.86. The van der Waals surface area contributed by atoms with Gasteiger partial charge in [0.1, 0.15) is 5.69 Å². The van der Waals surface area contributed by atoms with Crippen molar-refractivity contribution in [3.05, 3.63) is 40.3 Å². The summed E-state index contributed by atoms with van der Waals surface area (Å²) >= 11 is 11.7. The number of aliphatic hydroxyl groups is 1. The first-order chi connectivity index (χ1) is 7.20. The summed E-state index contributed by atoms with van der Waals surface area (Å²) in [7, 11) is 0. The Bertz CT molecular complexity index is 462. The van der Waals surface area contributed by atoms with Crippen LogP contribution in [0.2, 0.25) is 10.0 Å². The first kappa shape index (κ1) is 10.5. The van der Waals surface area contributed by atoms with Crippen molar-refractivity contribution in [3.8, 4) is 11.3 Å². The summed E-state index contributed by atoms with van der Waals surface area (Å²) < 4.78 is 5.16. The molecule has 0 bridgehead atoms. The van der Waals surface area contributed by atoms with Crippen molar-refractivity contribution in [3.63, 3.8) is 0 Å². The van der Waals surface area contributed by atoms with E-state index in [0.29, 0.717) is 27.1 Å². The molecule has 0 aliphatic heterocycles. The van der Waals surface area contributed by atoms with Gasteiger partial charge in [-0.3, -0.25) is 0 Å². The van der Waals surface area contributed by atoms with E-state index in [1.165, 1.54) is 6.39 Å². The molecule has 0 aliphatic rings. The maximum absolute atomic E-state index is 9.02. The highest BCUT2D eigenvalue weighted by atomic mass is 35.5. The second-order valence-electron chi connectivity index (χ2n) is 2.94. The zero-order valence-electron chi connectivity index (χ0n) is 7.58. The van der Waals surface area contributed by atoms with Gasteiger partial charge in [-0.05, 0) is 18.2 Å². The molecular formula is C10H7Cl2NO2. The Morgan fingerprint density at radius 3 is 2.47 bits per heavy atom. The van der Waals surface area contributed by atoms with Gasteiger partial charge in [0.2, 0.25) is 0 Å². The van der Waals surface area contributed by atoms with Crippen LogP contribution in [0.15, 0.2) is 29.0 Å². The Balaban J connectivity index is 2.53. The number of halogens is 2. The Kier molecular flexibility index (Phi) is 2.95. The zero-order valence-corrected chi connectivity index (χ0v) is 9.09. The summed E-state index contributed by atoms with van der Waals surface area (Å²) in [6, 6.07) is 5.03. The molecule has 78 valence electrons. The van der Waals surface area contributed by atoms with E-state index >= 15 is 0 Å². The number of hydrogen-bond donors (Lipinski definition) is 1. The van der Waals surface area contributed by atoms with E-state index in [4.69, 9.17) is 32.7 Å². The van der Waals surface area contributed by atoms with Gasteiger partial charge in [0.25, 0.3) is 0 Å². The molecule has 2 aromatic rings. The number of hydrogen-bond acceptors (Lipinski definition) is 3. The maximum Gasteiger partial charge on any atom is 0.181 e. The van der Waals surface area contributed by atoms with E-state index in [1.54, 1.807) is 18.2 Å². The van der Waals surface area contributed by atoms with Crippen molar-refractivity contribution in [2.24, 2.45) is 0 Å². The summed E-state index contributed by atoms with van der Waals surface area (Å²) in [5.41, 5.74) is 1.17. The summed E-state index contributed by atoms with van der Waals surface area (Å²) in [5.74, 6) is 0.488. The van der Waals surface area contributed by atoms with Gasteiger partial charge in [0.15, 0.2) is 12.2 Å². The highest BCUT2D eigenvalue weighted by molar-refractivity contribution is 6.35. The van der Waals surface area contributed by atoms with Crippen LogP contribution in [0.25, 0.3) is 11.3 Å². The Labute approximate surface area is 96.3 Å². The molecule has 0 unspecified atom stereocenters. The van der Waals surface area contributed by atoms with Gasteiger partial charge in [-0.15, -0.1) is 0 Å². The summed E-state index contributed by atoms with van der Waals surface area (Å²) in [4.78, 5) is 3.87. The van der Waals surface area contributed by atoms with Crippen LogP contribution in [0.1, 0.15) is 5.69 Å². The predicted molar refractivity (Wildman–Crippen MR) is 57.9 cm³/mol. The summed E-state index contributed by atoms with van der Waals surface area (Å²) in [6.45, 7) is -0.185. The smallest absolute Gasteiger partial charge is 0.181 e. The van der Waals surface area contributed by atoms with E-state index in [2.05, 4.69) is 4.98 Å². The Morgan fingerprint density at radius 1 is 1.20 bits per heavy atom. The quantitative estimate of drug-likeness (QED) is 0.882. The van der Waals surface area contributed by atoms with Gasteiger partial charge < -0.3 is 9.52 Å². The van der Waals surface area contributed by atoms with Gasteiger partial charge in [-0.2, -0.15) is 0 Å². The molecule has 0 radical (unpaired) electrons. The minimum absolute atomic E-state index is 0.185. The maximum atomic E-state index is 9.02. The molecule has 0 fully saturated rings. The van der Waals surface area contributed by atoms with Crippen molar-refractivity contribution >= 4 is 23.2 Å². The Morgan fingerprint density at radius 2 is 1.87 bits per heavy atom. The fourth-order valence-electron chi connectivity index (χ4n) is 1.30. The van der Waals surface area contributed by atoms with Crippen molar-refractivity contribution in [1.82, 2.24) is 4.98 Å². The normalized spacial score (nSPS) is 10.6. The molecular weight excluding hydrogens is 237 g/mol. The molecule has 0 aliphatic carbocycles. The number of aromatic nitrogens is 1. The van der Waals surface area contributed by atoms with Crippen LogP contribution in [0.4, 0.5) is 0 Å². The first-order valence-corrected chi connectivity index (χ1v) is 4.96. The lowest BCUT2D eigenvalue weighted by atomic mass is 10.1. The van der Waals surface area contributed by atoms with Crippen molar-refractivity contribution < 1.29 is 9.52 Å². The first-order valence-electron chi connectivity index (χ1n) is 4.20. The summed E-state index contributed by atoms with van der Waals surface area (Å²) in [6.07, 6.45) is 1.27. The van der Waals surface area contributed by atoms with Gasteiger partial charge >= 0.3 is 0 Å². The van der Waals surface area contributed by atoms with E-state index in [9.17, 15) is 0 Å². The lowest BCUT2D eigenvalue weighted by Gasteiger charge is -2.00. The average Bonchev–Trinajstić information content (AvgIpc) is 2.63. The van der Waals surface area contributed by atoms with Gasteiger partial charge in [0, 0.05) is 15.6 Å². The fraction of sp³-hybridized carbons (Fsp3) is 0.100. The predicted octanol–water partition coefficient (Wildman–Crippen LogP) is 3.14. The number of benzene rings is 1. The molecule has 1 aromatic heterocycles. The molecule has 0 saturated carbocycles. The molecule has 15 heavy (non-hydrogen) atoms. The van der Waals surface area contributed by atoms with Crippen molar-refractivity contribution in [2.45, 2.75) is 6.61 Å². The third-order valence-corrected chi connectivity index (χ3v) is 2.35. The third kappa shape index (κ3) is 2.15. The van der Waals surface area contributed by atoms with Crippen LogP contribution in [0.3, 0.4) is 0 Å². The van der Waals surface area contributed by atoms with Crippen LogP contribution >= 0.6 is 23.2 Å². The summed E-state index contributed by atoms with van der Waals surface area (Å²) in [5, 5.41) is 10.0. The molecule has 5 heteroatoms. The van der Waals surface area contributed by atoms with Gasteiger partial charge in [-0.25, -0.2) is 4.98 Å². The highest BCUT2D eigenvalue weighted by Crippen LogP contribution is 2.29. The third-order valence-electron chi connectivity index (χ3n) is 1.92. The molecule has 2 rings (SSSR count). The van der Waals surface area contributed by atoms with Crippen LogP contribution in [0.5, 0.6) is 0 Å². The molecule has 3 nitrogen and oxygen atoms in total. The minimum Gasteiger partial charge on any atom is -0.443 e. The monoisotopic (exact) mass is 243 g/mol. The molecule has 1 aromatic carbocycles. The van der Waals surface area contributed by atoms with Crippen LogP contribution in [-0.2, 0) is 6.61 Å². The number of rotatable bonds is 2. The second kappa shape index (κ2) is 4.23. The largest absolute Gasteiger partial charge is 0.443 e. The zero-order chi connectivity index (χ0) is 10.8. The topological polar surface area (TPSA) is 46.3 Å². The lowest BCUT2D eigenvalue weighted by molar-refractivity contribution is 0.277. The number of nitrogens with zero attached hydrogens (tertiary/aromatic N) is 1. The van der Waals surface area contributed by atoms with Crippen LogP contribution in [0, 0.1) is 0 Å². The van der Waals surface area contributed by atoms with E-state index in [1.807, 2.05) is 0 Å². The molecule has 1 N–H and O–H groups in total. The minimum atomic E-state index is -0.185. The Hall–Kier alpha value is -1.03. The SMILES string of the molecule is OCc1ncoc1-c1cc(Cl)cc(Cl)c1. The highest BCUT2D eigenvalue weighted by Gasteiger charge is 2.10. The molecule has 0 spiro atoms. The standard InChI is InChI=1S/C10H7Cl2NO2/c11-7-1-6(2-8(12)3-7)10-9(4-14)13-5-15-10/h1-3,5,14H,4H2. The second-order valence-corrected chi connectivity index (χ2v) is 3.82. The molecule has 0 amide bonds. The number of aliphatic hydroxyl groups excluding tert-OH is 1. The molecule has 1 heterocycles. The average molecular weight is 244 g/mol. The van der Waals surface area contributed by atoms with Crippen molar-refractivity contribution in [2.75, 3.05) is 0 Å². The van der Waals surface area contributed by atoms with E-state index < -0.39 is 0 Å². The number of oxazole rings is 1. The molecule has 0 atom stereocenters. The van der Waals surface area contributed by atoms with Gasteiger partial charge in [-0.1, -0.05) is 23.2 Å². The van der Waals surface area contributed by atoms with E-state index in [0.717, 1.165) is 0 Å².